The van der Waals surface area contributed by atoms with Crippen LogP contribution in [0.5, 0.6) is 0 Å². The van der Waals surface area contributed by atoms with Gasteiger partial charge in [-0.15, -0.1) is 0 Å². The van der Waals surface area contributed by atoms with Gasteiger partial charge in [-0.3, -0.25) is 10.1 Å². The van der Waals surface area contributed by atoms with Gasteiger partial charge in [0.25, 0.3) is 15.0 Å². The minimum absolute atomic E-state index is 0.0359. The molecular weight excluding hydrogens is 280 g/mol. The van der Waals surface area contributed by atoms with Crippen molar-refractivity contribution in [2.45, 2.75) is 4.90 Å². The summed E-state index contributed by atoms with van der Waals surface area (Å²) in [6.07, 6.45) is 1.42. The monoisotopic (exact) mass is 286 g/mol. The second-order valence-corrected chi connectivity index (χ2v) is 6.04. The number of carbonyl (C=O) groups excluding carboxylic acids is 2. The third-order valence-electron chi connectivity index (χ3n) is 2.19. The van der Waals surface area contributed by atoms with Crippen molar-refractivity contribution in [3.63, 3.8) is 0 Å². The Morgan fingerprint density at radius 3 is 2.11 bits per heavy atom. The highest BCUT2D eigenvalue weighted by Crippen LogP contribution is 2.16. The zero-order chi connectivity index (χ0) is 13.3. The van der Waals surface area contributed by atoms with Gasteiger partial charge in [0.1, 0.15) is 5.70 Å². The van der Waals surface area contributed by atoms with Crippen LogP contribution in [-0.4, -0.2) is 20.4 Å². The molecule has 1 aliphatic rings. The summed E-state index contributed by atoms with van der Waals surface area (Å²) in [7, 11) is 1.40. The van der Waals surface area contributed by atoms with Gasteiger partial charge in [-0.05, 0) is 23.8 Å². The van der Waals surface area contributed by atoms with Crippen LogP contribution >= 0.6 is 10.7 Å². The van der Waals surface area contributed by atoms with Crippen molar-refractivity contribution in [2.75, 3.05) is 0 Å². The molecule has 3 amide bonds. The molecule has 0 atom stereocenters. The highest BCUT2D eigenvalue weighted by atomic mass is 35.7. The maximum absolute atomic E-state index is 11.2. The molecule has 6 nitrogen and oxygen atoms in total. The average Bonchev–Trinajstić information content (AvgIpc) is 2.57. The Morgan fingerprint density at radius 1 is 1.06 bits per heavy atom. The van der Waals surface area contributed by atoms with E-state index in [1.807, 2.05) is 5.32 Å². The number of carbonyl (C=O) groups is 2. The number of nitrogens with one attached hydrogen (secondary N) is 2. The number of hydrogen-bond donors (Lipinski definition) is 2. The van der Waals surface area contributed by atoms with Crippen LogP contribution in [0.25, 0.3) is 6.08 Å². The lowest BCUT2D eigenvalue weighted by atomic mass is 10.2. The molecule has 2 rings (SSSR count). The van der Waals surface area contributed by atoms with E-state index < -0.39 is 21.0 Å². The summed E-state index contributed by atoms with van der Waals surface area (Å²) in [6.45, 7) is 0. The predicted molar refractivity (Wildman–Crippen MR) is 64.1 cm³/mol. The maximum atomic E-state index is 11.2. The highest BCUT2D eigenvalue weighted by molar-refractivity contribution is 8.13. The van der Waals surface area contributed by atoms with Gasteiger partial charge in [0, 0.05) is 10.7 Å². The van der Waals surface area contributed by atoms with Gasteiger partial charge in [0.05, 0.1) is 4.90 Å². The Labute approximate surface area is 107 Å². The van der Waals surface area contributed by atoms with Gasteiger partial charge in [0.15, 0.2) is 0 Å². The molecule has 0 saturated carbocycles. The minimum atomic E-state index is -3.76. The average molecular weight is 287 g/mol. The molecule has 0 aliphatic carbocycles. The van der Waals surface area contributed by atoms with Gasteiger partial charge in [0.2, 0.25) is 0 Å². The molecular formula is C10H7ClN2O4S. The summed E-state index contributed by atoms with van der Waals surface area (Å²) in [5, 5.41) is 4.36. The molecule has 0 aromatic heterocycles. The third kappa shape index (κ3) is 2.69. The highest BCUT2D eigenvalue weighted by Gasteiger charge is 2.22. The van der Waals surface area contributed by atoms with Crippen molar-refractivity contribution >= 4 is 37.7 Å². The number of imide groups is 1. The minimum Gasteiger partial charge on any atom is -0.303 e. The lowest BCUT2D eigenvalue weighted by Gasteiger charge is -1.98. The summed E-state index contributed by atoms with van der Waals surface area (Å²) < 4.78 is 22.0. The fraction of sp³-hybridized carbons (Fsp3) is 0. The zero-order valence-electron chi connectivity index (χ0n) is 8.81. The predicted octanol–water partition coefficient (Wildman–Crippen LogP) is 0.794. The molecule has 1 aromatic rings. The van der Waals surface area contributed by atoms with E-state index in [1.54, 1.807) is 0 Å². The first kappa shape index (κ1) is 12.6. The Kier molecular flexibility index (Phi) is 3.10. The number of halogens is 1. The standard InChI is InChI=1S/C10H7ClN2O4S/c11-18(16,17)7-3-1-6(2-4-7)5-8-9(14)13-10(15)12-8/h1-5H,(H2,12,13,14,15). The van der Waals surface area contributed by atoms with Crippen molar-refractivity contribution < 1.29 is 18.0 Å². The van der Waals surface area contributed by atoms with Crippen LogP contribution in [0.15, 0.2) is 34.9 Å². The lowest BCUT2D eigenvalue weighted by molar-refractivity contribution is -0.115. The van der Waals surface area contributed by atoms with E-state index in [0.29, 0.717) is 5.56 Å². The van der Waals surface area contributed by atoms with Crippen LogP contribution in [-0.2, 0) is 13.8 Å². The second-order valence-electron chi connectivity index (χ2n) is 3.47. The van der Waals surface area contributed by atoms with Crippen LogP contribution in [0, 0.1) is 0 Å². The second kappa shape index (κ2) is 4.43. The van der Waals surface area contributed by atoms with Crippen molar-refractivity contribution in [3.05, 3.63) is 35.5 Å². The molecule has 0 radical (unpaired) electrons. The fourth-order valence-corrected chi connectivity index (χ4v) is 2.15. The topological polar surface area (TPSA) is 92.3 Å². The molecule has 1 fully saturated rings. The van der Waals surface area contributed by atoms with Gasteiger partial charge >= 0.3 is 6.03 Å². The largest absolute Gasteiger partial charge is 0.326 e. The first-order chi connectivity index (χ1) is 8.36. The zero-order valence-corrected chi connectivity index (χ0v) is 10.4. The van der Waals surface area contributed by atoms with Crippen LogP contribution in [0.1, 0.15) is 5.56 Å². The quantitative estimate of drug-likeness (QED) is 0.478. The number of amides is 3. The molecule has 0 bridgehead atoms. The summed E-state index contributed by atoms with van der Waals surface area (Å²) in [5.74, 6) is -0.533. The van der Waals surface area contributed by atoms with Crippen LogP contribution in [0.4, 0.5) is 4.79 Å². The van der Waals surface area contributed by atoms with Crippen molar-refractivity contribution in [1.82, 2.24) is 10.6 Å². The van der Waals surface area contributed by atoms with Gasteiger partial charge < -0.3 is 5.32 Å². The summed E-state index contributed by atoms with van der Waals surface area (Å²) in [5.41, 5.74) is 0.660. The molecule has 2 N–H and O–H groups in total. The number of urea groups is 1. The van der Waals surface area contributed by atoms with Crippen LogP contribution in [0.2, 0.25) is 0 Å². The maximum Gasteiger partial charge on any atom is 0.326 e. The van der Waals surface area contributed by atoms with Gasteiger partial charge in [-0.1, -0.05) is 12.1 Å². The molecule has 0 unspecified atom stereocenters. The van der Waals surface area contributed by atoms with Crippen LogP contribution < -0.4 is 10.6 Å². The fourth-order valence-electron chi connectivity index (χ4n) is 1.38. The molecule has 94 valence electrons. The smallest absolute Gasteiger partial charge is 0.303 e. The normalized spacial score (nSPS) is 17.7. The number of benzene rings is 1. The lowest BCUT2D eigenvalue weighted by Crippen LogP contribution is -2.22. The molecule has 1 aliphatic heterocycles. The Balaban J connectivity index is 2.29. The molecule has 1 heterocycles. The van der Waals surface area contributed by atoms with E-state index in [9.17, 15) is 18.0 Å². The van der Waals surface area contributed by atoms with Crippen molar-refractivity contribution in [2.24, 2.45) is 0 Å². The first-order valence-corrected chi connectivity index (χ1v) is 7.06. The Bertz CT molecular complexity index is 649. The Hall–Kier alpha value is -1.86. The van der Waals surface area contributed by atoms with E-state index in [4.69, 9.17) is 10.7 Å². The van der Waals surface area contributed by atoms with E-state index >= 15 is 0 Å². The first-order valence-electron chi connectivity index (χ1n) is 4.75. The summed E-state index contributed by atoms with van der Waals surface area (Å²) in [4.78, 5) is 22.1. The molecule has 1 saturated heterocycles. The van der Waals surface area contributed by atoms with E-state index in [1.165, 1.54) is 30.3 Å². The molecule has 1 aromatic carbocycles. The van der Waals surface area contributed by atoms with Crippen molar-refractivity contribution in [3.8, 4) is 0 Å². The SMILES string of the molecule is O=C1NC(=O)C(=Cc2ccc(S(=O)(=O)Cl)cc2)N1. The van der Waals surface area contributed by atoms with E-state index in [-0.39, 0.29) is 10.6 Å². The molecule has 8 heteroatoms. The third-order valence-corrected chi connectivity index (χ3v) is 3.56. The van der Waals surface area contributed by atoms with E-state index in [2.05, 4.69) is 5.32 Å². The van der Waals surface area contributed by atoms with Gasteiger partial charge in [-0.2, -0.15) is 0 Å². The van der Waals surface area contributed by atoms with Crippen LogP contribution in [0.3, 0.4) is 0 Å². The summed E-state index contributed by atoms with van der Waals surface area (Å²) >= 11 is 0. The molecule has 0 spiro atoms. The summed E-state index contributed by atoms with van der Waals surface area (Å²) in [6, 6.07) is 4.97. The van der Waals surface area contributed by atoms with Gasteiger partial charge in [-0.25, -0.2) is 13.2 Å². The van der Waals surface area contributed by atoms with E-state index in [0.717, 1.165) is 0 Å². The number of hydrogen-bond acceptors (Lipinski definition) is 4. The molecule has 18 heavy (non-hydrogen) atoms. The number of rotatable bonds is 2. The Morgan fingerprint density at radius 2 is 1.67 bits per heavy atom. The van der Waals surface area contributed by atoms with Crippen molar-refractivity contribution in [1.29, 1.82) is 0 Å².